The Hall–Kier alpha value is -1.91. The number of pyridine rings is 1. The molecule has 2 aromatic heterocycles. The van der Waals surface area contributed by atoms with E-state index in [0.717, 1.165) is 5.52 Å². The van der Waals surface area contributed by atoms with Crippen molar-refractivity contribution in [2.75, 3.05) is 0 Å². The highest BCUT2D eigenvalue weighted by atomic mass is 35.5. The highest BCUT2D eigenvalue weighted by Gasteiger charge is 2.17. The normalized spacial score (nSPS) is 12.8. The van der Waals surface area contributed by atoms with Crippen LogP contribution in [0.15, 0.2) is 48.8 Å². The van der Waals surface area contributed by atoms with Gasteiger partial charge in [-0.3, -0.25) is 0 Å². The zero-order valence-electron chi connectivity index (χ0n) is 10.5. The molecule has 102 valence electrons. The van der Waals surface area contributed by atoms with Gasteiger partial charge < -0.3 is 5.11 Å². The van der Waals surface area contributed by atoms with Crippen LogP contribution in [0.2, 0.25) is 5.02 Å². The molecule has 3 nitrogen and oxygen atoms in total. The second-order valence-corrected chi connectivity index (χ2v) is 4.96. The summed E-state index contributed by atoms with van der Waals surface area (Å²) in [7, 11) is 0. The zero-order valence-corrected chi connectivity index (χ0v) is 11.3. The molecule has 0 saturated carbocycles. The molecule has 0 aliphatic carbocycles. The molecule has 3 aromatic rings. The van der Waals surface area contributed by atoms with Gasteiger partial charge in [-0.2, -0.15) is 5.10 Å². The first kappa shape index (κ1) is 13.1. The fourth-order valence-electron chi connectivity index (χ4n) is 2.24. The number of aromatic nitrogens is 2. The van der Waals surface area contributed by atoms with Crippen LogP contribution in [0.4, 0.5) is 4.39 Å². The number of rotatable bonds is 3. The summed E-state index contributed by atoms with van der Waals surface area (Å²) in [6.45, 7) is 0. The maximum atomic E-state index is 13.7. The molecule has 20 heavy (non-hydrogen) atoms. The van der Waals surface area contributed by atoms with E-state index in [1.54, 1.807) is 29.0 Å². The highest BCUT2D eigenvalue weighted by molar-refractivity contribution is 6.31. The SMILES string of the molecule is OC(Cc1c(F)cccc1Cl)c1cnn2ccccc12. The van der Waals surface area contributed by atoms with E-state index >= 15 is 0 Å². The number of benzene rings is 1. The summed E-state index contributed by atoms with van der Waals surface area (Å²) in [6.07, 6.45) is 2.64. The summed E-state index contributed by atoms with van der Waals surface area (Å²) in [6, 6.07) is 10.1. The molecule has 0 amide bonds. The molecule has 5 heteroatoms. The van der Waals surface area contributed by atoms with Gasteiger partial charge in [-0.25, -0.2) is 8.91 Å². The van der Waals surface area contributed by atoms with Crippen LogP contribution in [0.3, 0.4) is 0 Å². The summed E-state index contributed by atoms with van der Waals surface area (Å²) in [5.41, 5.74) is 1.77. The summed E-state index contributed by atoms with van der Waals surface area (Å²) >= 11 is 5.98. The number of halogens is 2. The van der Waals surface area contributed by atoms with E-state index in [1.165, 1.54) is 6.07 Å². The van der Waals surface area contributed by atoms with Crippen molar-refractivity contribution < 1.29 is 9.50 Å². The van der Waals surface area contributed by atoms with Crippen LogP contribution >= 0.6 is 11.6 Å². The van der Waals surface area contributed by atoms with E-state index in [0.29, 0.717) is 16.1 Å². The van der Waals surface area contributed by atoms with E-state index in [2.05, 4.69) is 5.10 Å². The Balaban J connectivity index is 1.95. The quantitative estimate of drug-likeness (QED) is 0.803. The number of hydrogen-bond donors (Lipinski definition) is 1. The predicted octanol–water partition coefficient (Wildman–Crippen LogP) is 3.40. The average Bonchev–Trinajstić information content (AvgIpc) is 2.87. The van der Waals surface area contributed by atoms with Gasteiger partial charge >= 0.3 is 0 Å². The van der Waals surface area contributed by atoms with Crippen LogP contribution in [0.1, 0.15) is 17.2 Å². The maximum Gasteiger partial charge on any atom is 0.127 e. The van der Waals surface area contributed by atoms with Crippen molar-refractivity contribution in [1.82, 2.24) is 9.61 Å². The van der Waals surface area contributed by atoms with Crippen molar-refractivity contribution >= 4 is 17.1 Å². The van der Waals surface area contributed by atoms with Crippen molar-refractivity contribution in [3.63, 3.8) is 0 Å². The number of aliphatic hydroxyl groups is 1. The molecule has 3 rings (SSSR count). The van der Waals surface area contributed by atoms with Crippen molar-refractivity contribution in [2.24, 2.45) is 0 Å². The van der Waals surface area contributed by atoms with Gasteiger partial charge in [0.25, 0.3) is 0 Å². The molecule has 0 saturated heterocycles. The summed E-state index contributed by atoms with van der Waals surface area (Å²) in [5.74, 6) is -0.409. The lowest BCUT2D eigenvalue weighted by atomic mass is 10.0. The van der Waals surface area contributed by atoms with Gasteiger partial charge in [-0.15, -0.1) is 0 Å². The minimum Gasteiger partial charge on any atom is -0.388 e. The Morgan fingerprint density at radius 1 is 1.25 bits per heavy atom. The van der Waals surface area contributed by atoms with Crippen LogP contribution in [-0.4, -0.2) is 14.7 Å². The summed E-state index contributed by atoms with van der Waals surface area (Å²) in [4.78, 5) is 0. The van der Waals surface area contributed by atoms with Crippen LogP contribution in [0.5, 0.6) is 0 Å². The van der Waals surface area contributed by atoms with Crippen LogP contribution in [0.25, 0.3) is 5.52 Å². The maximum absolute atomic E-state index is 13.7. The number of aliphatic hydroxyl groups excluding tert-OH is 1. The minimum atomic E-state index is -0.857. The van der Waals surface area contributed by atoms with Gasteiger partial charge in [0.15, 0.2) is 0 Å². The van der Waals surface area contributed by atoms with E-state index in [1.807, 2.05) is 18.2 Å². The first-order chi connectivity index (χ1) is 9.66. The zero-order chi connectivity index (χ0) is 14.1. The molecule has 0 aliphatic heterocycles. The van der Waals surface area contributed by atoms with E-state index < -0.39 is 11.9 Å². The Bertz CT molecular complexity index is 736. The van der Waals surface area contributed by atoms with Gasteiger partial charge in [-0.05, 0) is 24.3 Å². The standard InChI is InChI=1S/C15H12ClFN2O/c16-12-4-3-5-13(17)10(12)8-15(20)11-9-18-19-7-2-1-6-14(11)19/h1-7,9,15,20H,8H2. The Labute approximate surface area is 120 Å². The van der Waals surface area contributed by atoms with E-state index in [9.17, 15) is 9.50 Å². The fourth-order valence-corrected chi connectivity index (χ4v) is 2.48. The van der Waals surface area contributed by atoms with Crippen molar-refractivity contribution in [3.8, 4) is 0 Å². The largest absolute Gasteiger partial charge is 0.388 e. The smallest absolute Gasteiger partial charge is 0.127 e. The Kier molecular flexibility index (Phi) is 3.42. The van der Waals surface area contributed by atoms with Gasteiger partial charge in [-0.1, -0.05) is 23.7 Å². The molecule has 0 fully saturated rings. The molecule has 1 atom stereocenters. The lowest BCUT2D eigenvalue weighted by Crippen LogP contribution is -2.04. The third kappa shape index (κ3) is 2.28. The van der Waals surface area contributed by atoms with E-state index in [-0.39, 0.29) is 6.42 Å². The molecule has 0 bridgehead atoms. The molecule has 0 aliphatic rings. The first-order valence-corrected chi connectivity index (χ1v) is 6.58. The Morgan fingerprint density at radius 2 is 2.10 bits per heavy atom. The topological polar surface area (TPSA) is 37.5 Å². The van der Waals surface area contributed by atoms with Gasteiger partial charge in [0, 0.05) is 28.8 Å². The first-order valence-electron chi connectivity index (χ1n) is 6.20. The van der Waals surface area contributed by atoms with Crippen LogP contribution < -0.4 is 0 Å². The van der Waals surface area contributed by atoms with Crippen LogP contribution in [-0.2, 0) is 6.42 Å². The second-order valence-electron chi connectivity index (χ2n) is 4.55. The van der Waals surface area contributed by atoms with Crippen molar-refractivity contribution in [3.05, 3.63) is 70.8 Å². The molecule has 1 N–H and O–H groups in total. The third-order valence-electron chi connectivity index (χ3n) is 3.27. The molecule has 0 spiro atoms. The monoisotopic (exact) mass is 290 g/mol. The molecule has 0 radical (unpaired) electrons. The molecular formula is C15H12ClFN2O. The predicted molar refractivity (Wildman–Crippen MR) is 75.3 cm³/mol. The summed E-state index contributed by atoms with van der Waals surface area (Å²) in [5, 5.41) is 14.8. The van der Waals surface area contributed by atoms with Crippen LogP contribution in [0, 0.1) is 5.82 Å². The van der Waals surface area contributed by atoms with E-state index in [4.69, 9.17) is 11.6 Å². The summed E-state index contributed by atoms with van der Waals surface area (Å²) < 4.78 is 15.4. The molecule has 2 heterocycles. The van der Waals surface area contributed by atoms with Crippen molar-refractivity contribution in [2.45, 2.75) is 12.5 Å². The van der Waals surface area contributed by atoms with Gasteiger partial charge in [0.2, 0.25) is 0 Å². The number of hydrogen-bond acceptors (Lipinski definition) is 2. The Morgan fingerprint density at radius 3 is 2.90 bits per heavy atom. The fraction of sp³-hybridized carbons (Fsp3) is 0.133. The van der Waals surface area contributed by atoms with Gasteiger partial charge in [0.05, 0.1) is 17.8 Å². The molecule has 1 unspecified atom stereocenters. The van der Waals surface area contributed by atoms with Crippen molar-refractivity contribution in [1.29, 1.82) is 0 Å². The second kappa shape index (κ2) is 5.23. The number of nitrogens with zero attached hydrogens (tertiary/aromatic N) is 2. The number of fused-ring (bicyclic) bond motifs is 1. The highest BCUT2D eigenvalue weighted by Crippen LogP contribution is 2.27. The average molecular weight is 291 g/mol. The third-order valence-corrected chi connectivity index (χ3v) is 3.63. The lowest BCUT2D eigenvalue weighted by Gasteiger charge is -2.11. The molecule has 1 aromatic carbocycles. The minimum absolute atomic E-state index is 0.113. The molecular weight excluding hydrogens is 279 g/mol. The van der Waals surface area contributed by atoms with Gasteiger partial charge in [0.1, 0.15) is 5.82 Å². The lowest BCUT2D eigenvalue weighted by molar-refractivity contribution is 0.178.